The number of hydrogen-bond acceptors (Lipinski definition) is 4. The van der Waals surface area contributed by atoms with Crippen LogP contribution in [0.15, 0.2) is 0 Å². The Labute approximate surface area is 80.6 Å². The van der Waals surface area contributed by atoms with Crippen LogP contribution < -0.4 is 0 Å². The third kappa shape index (κ3) is 1.80. The summed E-state index contributed by atoms with van der Waals surface area (Å²) in [6.45, 7) is 0. The predicted molar refractivity (Wildman–Crippen MR) is 48.6 cm³/mol. The first-order valence-electron chi connectivity index (χ1n) is 4.03. The van der Waals surface area contributed by atoms with Crippen molar-refractivity contribution in [3.63, 3.8) is 0 Å². The molecule has 0 aromatic heterocycles. The summed E-state index contributed by atoms with van der Waals surface area (Å²) in [6.07, 6.45) is 0.749. The molecule has 0 aliphatic carbocycles. The molecule has 13 heavy (non-hydrogen) atoms. The number of esters is 1. The van der Waals surface area contributed by atoms with Crippen LogP contribution in [0.25, 0.3) is 0 Å². The fourth-order valence-electron chi connectivity index (χ4n) is 1.42. The van der Waals surface area contributed by atoms with Crippen molar-refractivity contribution in [1.82, 2.24) is 0 Å². The highest BCUT2D eigenvalue weighted by molar-refractivity contribution is 7.99. The van der Waals surface area contributed by atoms with Crippen molar-refractivity contribution < 1.29 is 19.4 Å². The van der Waals surface area contributed by atoms with Crippen molar-refractivity contribution in [1.29, 1.82) is 0 Å². The van der Waals surface area contributed by atoms with Gasteiger partial charge in [-0.1, -0.05) is 0 Å². The molecule has 1 aliphatic heterocycles. The van der Waals surface area contributed by atoms with E-state index in [9.17, 15) is 9.59 Å². The van der Waals surface area contributed by atoms with Gasteiger partial charge in [-0.25, -0.2) is 0 Å². The third-order valence-electron chi connectivity index (χ3n) is 2.33. The van der Waals surface area contributed by atoms with E-state index in [1.165, 1.54) is 7.11 Å². The number of thioether (sulfide) groups is 1. The first kappa shape index (κ1) is 10.4. The molecule has 74 valence electrons. The van der Waals surface area contributed by atoms with Crippen LogP contribution in [0.2, 0.25) is 0 Å². The average molecular weight is 204 g/mol. The summed E-state index contributed by atoms with van der Waals surface area (Å²) in [5, 5.41) is 8.98. The zero-order valence-electron chi connectivity index (χ0n) is 7.41. The molecular formula is C8H12O4S. The summed E-state index contributed by atoms with van der Waals surface area (Å²) in [6, 6.07) is 0. The summed E-state index contributed by atoms with van der Waals surface area (Å²) in [5.41, 5.74) is -1.28. The Morgan fingerprint density at radius 2 is 1.92 bits per heavy atom. The lowest BCUT2D eigenvalue weighted by Crippen LogP contribution is -2.43. The van der Waals surface area contributed by atoms with E-state index >= 15 is 0 Å². The fraction of sp³-hybridized carbons (Fsp3) is 0.750. The molecule has 1 N–H and O–H groups in total. The van der Waals surface area contributed by atoms with E-state index in [0.29, 0.717) is 24.3 Å². The highest BCUT2D eigenvalue weighted by atomic mass is 32.2. The van der Waals surface area contributed by atoms with E-state index < -0.39 is 17.4 Å². The van der Waals surface area contributed by atoms with Crippen LogP contribution in [0, 0.1) is 5.41 Å². The first-order valence-corrected chi connectivity index (χ1v) is 5.18. The lowest BCUT2D eigenvalue weighted by molar-refractivity contribution is -0.167. The summed E-state index contributed by atoms with van der Waals surface area (Å²) in [5.74, 6) is -0.247. The van der Waals surface area contributed by atoms with Crippen molar-refractivity contribution in [2.75, 3.05) is 18.6 Å². The van der Waals surface area contributed by atoms with Gasteiger partial charge in [0.25, 0.3) is 0 Å². The topological polar surface area (TPSA) is 63.6 Å². The minimum absolute atomic E-state index is 0.375. The molecule has 4 nitrogen and oxygen atoms in total. The van der Waals surface area contributed by atoms with Crippen molar-refractivity contribution in [3.05, 3.63) is 0 Å². The van der Waals surface area contributed by atoms with E-state index in [1.54, 1.807) is 11.8 Å². The Morgan fingerprint density at radius 1 is 1.38 bits per heavy atom. The summed E-state index contributed by atoms with van der Waals surface area (Å²) < 4.78 is 4.53. The van der Waals surface area contributed by atoms with E-state index in [0.717, 1.165) is 0 Å². The minimum atomic E-state index is -1.28. The molecule has 0 saturated carbocycles. The molecule has 0 bridgehead atoms. The number of rotatable bonds is 2. The SMILES string of the molecule is COC(=O)C1(C(=O)O)CCSCC1. The number of hydrogen-bond donors (Lipinski definition) is 1. The molecule has 0 radical (unpaired) electrons. The van der Waals surface area contributed by atoms with Crippen molar-refractivity contribution in [2.24, 2.45) is 5.41 Å². The van der Waals surface area contributed by atoms with Gasteiger partial charge in [-0.15, -0.1) is 0 Å². The second-order valence-corrected chi connectivity index (χ2v) is 4.22. The quantitative estimate of drug-likeness (QED) is 0.531. The minimum Gasteiger partial charge on any atom is -0.480 e. The summed E-state index contributed by atoms with van der Waals surface area (Å²) >= 11 is 1.67. The van der Waals surface area contributed by atoms with Crippen LogP contribution in [-0.4, -0.2) is 35.7 Å². The van der Waals surface area contributed by atoms with Gasteiger partial charge >= 0.3 is 11.9 Å². The Bertz CT molecular complexity index is 220. The highest BCUT2D eigenvalue weighted by Crippen LogP contribution is 2.36. The molecule has 0 atom stereocenters. The maximum absolute atomic E-state index is 11.3. The third-order valence-corrected chi connectivity index (χ3v) is 3.32. The monoisotopic (exact) mass is 204 g/mol. The lowest BCUT2D eigenvalue weighted by atomic mass is 9.82. The summed E-state index contributed by atoms with van der Waals surface area (Å²) in [7, 11) is 1.23. The van der Waals surface area contributed by atoms with Gasteiger partial charge in [0.15, 0.2) is 5.41 Å². The molecule has 0 unspecified atom stereocenters. The molecule has 1 aliphatic rings. The maximum Gasteiger partial charge on any atom is 0.323 e. The molecule has 0 aromatic carbocycles. The van der Waals surface area contributed by atoms with E-state index in [4.69, 9.17) is 5.11 Å². The zero-order chi connectivity index (χ0) is 9.90. The normalized spacial score (nSPS) is 20.7. The van der Waals surface area contributed by atoms with Crippen LogP contribution >= 0.6 is 11.8 Å². The van der Waals surface area contributed by atoms with Gasteiger partial charge < -0.3 is 9.84 Å². The second kappa shape index (κ2) is 4.00. The van der Waals surface area contributed by atoms with Gasteiger partial charge in [-0.05, 0) is 24.3 Å². The second-order valence-electron chi connectivity index (χ2n) is 2.99. The molecule has 0 aromatic rings. The van der Waals surface area contributed by atoms with Gasteiger partial charge in [0.2, 0.25) is 0 Å². The van der Waals surface area contributed by atoms with Crippen LogP contribution in [0.4, 0.5) is 0 Å². The molecule has 1 heterocycles. The Hall–Kier alpha value is -0.710. The average Bonchev–Trinajstić information content (AvgIpc) is 2.17. The number of ether oxygens (including phenoxy) is 1. The van der Waals surface area contributed by atoms with Gasteiger partial charge in [-0.3, -0.25) is 9.59 Å². The van der Waals surface area contributed by atoms with E-state index in [-0.39, 0.29) is 0 Å². The fourth-order valence-corrected chi connectivity index (χ4v) is 2.61. The molecule has 5 heteroatoms. The molecular weight excluding hydrogens is 192 g/mol. The number of carbonyl (C=O) groups excluding carboxylic acids is 1. The zero-order valence-corrected chi connectivity index (χ0v) is 8.23. The van der Waals surface area contributed by atoms with Crippen molar-refractivity contribution >= 4 is 23.7 Å². The van der Waals surface area contributed by atoms with Gasteiger partial charge in [0, 0.05) is 0 Å². The predicted octanol–water partition coefficient (Wildman–Crippen LogP) is 0.757. The van der Waals surface area contributed by atoms with Crippen LogP contribution in [0.1, 0.15) is 12.8 Å². The standard InChI is InChI=1S/C8H12O4S/c1-12-7(11)8(6(9)10)2-4-13-5-3-8/h2-5H2,1H3,(H,9,10). The van der Waals surface area contributed by atoms with Gasteiger partial charge in [-0.2, -0.15) is 11.8 Å². The Balaban J connectivity index is 2.85. The molecule has 1 fully saturated rings. The van der Waals surface area contributed by atoms with E-state index in [2.05, 4.69) is 4.74 Å². The Morgan fingerprint density at radius 3 is 2.31 bits per heavy atom. The summed E-state index contributed by atoms with van der Waals surface area (Å²) in [4.78, 5) is 22.3. The lowest BCUT2D eigenvalue weighted by Gasteiger charge is -2.29. The molecule has 1 rings (SSSR count). The first-order chi connectivity index (χ1) is 6.13. The van der Waals surface area contributed by atoms with Crippen molar-refractivity contribution in [2.45, 2.75) is 12.8 Å². The van der Waals surface area contributed by atoms with Gasteiger partial charge in [0.1, 0.15) is 0 Å². The smallest absolute Gasteiger partial charge is 0.323 e. The maximum atomic E-state index is 11.3. The molecule has 0 spiro atoms. The molecule has 1 saturated heterocycles. The van der Waals surface area contributed by atoms with Gasteiger partial charge in [0.05, 0.1) is 7.11 Å². The van der Waals surface area contributed by atoms with Crippen LogP contribution in [0.5, 0.6) is 0 Å². The number of methoxy groups -OCH3 is 1. The number of carboxylic acid groups (broad SMARTS) is 1. The number of aliphatic carboxylic acids is 1. The van der Waals surface area contributed by atoms with Crippen molar-refractivity contribution in [3.8, 4) is 0 Å². The largest absolute Gasteiger partial charge is 0.480 e. The number of carboxylic acids is 1. The van der Waals surface area contributed by atoms with Crippen LogP contribution in [-0.2, 0) is 14.3 Å². The van der Waals surface area contributed by atoms with E-state index in [1.807, 2.05) is 0 Å². The Kier molecular flexibility index (Phi) is 3.19. The highest BCUT2D eigenvalue weighted by Gasteiger charge is 2.48. The number of carbonyl (C=O) groups is 2. The molecule has 0 amide bonds. The van der Waals surface area contributed by atoms with Crippen LogP contribution in [0.3, 0.4) is 0 Å².